The van der Waals surface area contributed by atoms with E-state index in [0.717, 1.165) is 29.9 Å². The van der Waals surface area contributed by atoms with Crippen LogP contribution in [-0.4, -0.2) is 54.9 Å². The first-order valence-electron chi connectivity index (χ1n) is 12.1. The molecule has 13 heteroatoms. The highest BCUT2D eigenvalue weighted by molar-refractivity contribution is 7.99. The second kappa shape index (κ2) is 10.6. The topological polar surface area (TPSA) is 119 Å². The van der Waals surface area contributed by atoms with Gasteiger partial charge >= 0.3 is 6.18 Å². The molecular formula is C26H24F3N7O2S. The minimum Gasteiger partial charge on any atom is -0.382 e. The molecule has 0 aliphatic carbocycles. The summed E-state index contributed by atoms with van der Waals surface area (Å²) in [5.41, 5.74) is 7.42. The number of aromatic nitrogens is 4. The first-order valence-corrected chi connectivity index (χ1v) is 13.2. The predicted octanol–water partition coefficient (Wildman–Crippen LogP) is 4.67. The van der Waals surface area contributed by atoms with Crippen LogP contribution in [0.25, 0.3) is 16.8 Å². The highest BCUT2D eigenvalue weighted by atomic mass is 32.2. The number of hydrogen-bond donors (Lipinski definition) is 2. The number of hydrogen-bond acceptors (Lipinski definition) is 7. The summed E-state index contributed by atoms with van der Waals surface area (Å²) in [5, 5.41) is 2.33. The number of fused-ring (bicyclic) bond motifs is 1. The van der Waals surface area contributed by atoms with Crippen molar-refractivity contribution in [3.8, 4) is 11.3 Å². The van der Waals surface area contributed by atoms with Gasteiger partial charge < -0.3 is 16.0 Å². The minimum absolute atomic E-state index is 0.0673. The largest absolute Gasteiger partial charge is 0.416 e. The molecule has 1 aliphatic rings. The van der Waals surface area contributed by atoms with E-state index in [4.69, 9.17) is 10.7 Å². The number of nitrogen functional groups attached to an aromatic ring is 1. The number of nitrogens with one attached hydrogen (secondary N) is 1. The second-order valence-electron chi connectivity index (χ2n) is 8.86. The van der Waals surface area contributed by atoms with E-state index in [-0.39, 0.29) is 28.4 Å². The number of benzene rings is 1. The fraction of sp³-hybridized carbons (Fsp3) is 0.269. The molecule has 39 heavy (non-hydrogen) atoms. The summed E-state index contributed by atoms with van der Waals surface area (Å²) in [6.07, 6.45) is 0.249. The summed E-state index contributed by atoms with van der Waals surface area (Å²) in [7, 11) is 0. The van der Waals surface area contributed by atoms with Crippen LogP contribution in [0.1, 0.15) is 40.3 Å². The Morgan fingerprint density at radius 3 is 2.64 bits per heavy atom. The molecule has 0 bridgehead atoms. The standard InChI is InChI=1S/C26H24F3N7O2S/c1-2-20(37)35-11-12-39-18(14-35)24-34-21(22-23(30)32-9-10-36(22)24)15-3-5-16(6-4-15)25(38)33-19-13-17(7-8-31-19)26(27,28)29/h3-10,13,18H,2,11-12,14H2,1H3,(H2,30,32)(H,31,33,38). The third-order valence-corrected chi connectivity index (χ3v) is 7.55. The molecule has 202 valence electrons. The van der Waals surface area contributed by atoms with E-state index >= 15 is 0 Å². The molecule has 1 unspecified atom stereocenters. The number of nitrogens with zero attached hydrogens (tertiary/aromatic N) is 5. The summed E-state index contributed by atoms with van der Waals surface area (Å²) in [5.74, 6) is 1.09. The number of nitrogens with two attached hydrogens (primary N) is 1. The average molecular weight is 556 g/mol. The van der Waals surface area contributed by atoms with Gasteiger partial charge in [0.15, 0.2) is 0 Å². The number of alkyl halides is 3. The van der Waals surface area contributed by atoms with E-state index in [1.165, 1.54) is 0 Å². The molecule has 2 amide bonds. The van der Waals surface area contributed by atoms with Gasteiger partial charge in [0.25, 0.3) is 5.91 Å². The summed E-state index contributed by atoms with van der Waals surface area (Å²) in [4.78, 5) is 39.8. The maximum absolute atomic E-state index is 13.0. The van der Waals surface area contributed by atoms with E-state index in [2.05, 4.69) is 15.3 Å². The molecule has 1 atom stereocenters. The predicted molar refractivity (Wildman–Crippen MR) is 142 cm³/mol. The Bertz CT molecular complexity index is 1540. The van der Waals surface area contributed by atoms with Gasteiger partial charge in [-0.05, 0) is 24.3 Å². The average Bonchev–Trinajstić information content (AvgIpc) is 3.33. The summed E-state index contributed by atoms with van der Waals surface area (Å²) < 4.78 is 40.8. The van der Waals surface area contributed by atoms with E-state index < -0.39 is 17.6 Å². The van der Waals surface area contributed by atoms with Crippen molar-refractivity contribution in [1.82, 2.24) is 24.3 Å². The first-order chi connectivity index (χ1) is 18.7. The van der Waals surface area contributed by atoms with Gasteiger partial charge in [-0.25, -0.2) is 15.0 Å². The number of rotatable bonds is 5. The van der Waals surface area contributed by atoms with Crippen molar-refractivity contribution < 1.29 is 22.8 Å². The van der Waals surface area contributed by atoms with Gasteiger partial charge in [-0.15, -0.1) is 11.8 Å². The van der Waals surface area contributed by atoms with Crippen molar-refractivity contribution in [2.45, 2.75) is 24.8 Å². The molecule has 1 saturated heterocycles. The maximum Gasteiger partial charge on any atom is 0.416 e. The lowest BCUT2D eigenvalue weighted by Crippen LogP contribution is -2.39. The fourth-order valence-corrected chi connectivity index (χ4v) is 5.63. The Hall–Kier alpha value is -4.13. The van der Waals surface area contributed by atoms with Gasteiger partial charge in [0.2, 0.25) is 5.91 Å². The Labute approximate surface area is 225 Å². The molecule has 0 saturated carbocycles. The molecule has 0 radical (unpaired) electrons. The first kappa shape index (κ1) is 26.5. The van der Waals surface area contributed by atoms with Gasteiger partial charge in [0, 0.05) is 55.0 Å². The Balaban J connectivity index is 1.43. The van der Waals surface area contributed by atoms with Crippen molar-refractivity contribution in [2.75, 3.05) is 29.9 Å². The molecule has 0 spiro atoms. The van der Waals surface area contributed by atoms with Crippen LogP contribution < -0.4 is 11.1 Å². The molecule has 4 aromatic rings. The summed E-state index contributed by atoms with van der Waals surface area (Å²) in [6.45, 7) is 3.06. The minimum atomic E-state index is -4.55. The van der Waals surface area contributed by atoms with Crippen molar-refractivity contribution in [3.05, 3.63) is 71.9 Å². The van der Waals surface area contributed by atoms with E-state index in [0.29, 0.717) is 36.3 Å². The van der Waals surface area contributed by atoms with Crippen LogP contribution >= 0.6 is 11.8 Å². The van der Waals surface area contributed by atoms with Crippen molar-refractivity contribution in [2.24, 2.45) is 0 Å². The van der Waals surface area contributed by atoms with Gasteiger partial charge in [-0.3, -0.25) is 14.0 Å². The number of amides is 2. The molecule has 1 aromatic carbocycles. The number of imidazole rings is 1. The number of thioether (sulfide) groups is 1. The number of halogens is 3. The molecule has 3 aromatic heterocycles. The summed E-state index contributed by atoms with van der Waals surface area (Å²) >= 11 is 1.72. The molecular weight excluding hydrogens is 531 g/mol. The Morgan fingerprint density at radius 1 is 1.15 bits per heavy atom. The van der Waals surface area contributed by atoms with Crippen molar-refractivity contribution in [3.63, 3.8) is 0 Å². The second-order valence-corrected chi connectivity index (χ2v) is 10.2. The van der Waals surface area contributed by atoms with E-state index in [9.17, 15) is 22.8 Å². The van der Waals surface area contributed by atoms with Crippen LogP contribution in [0.3, 0.4) is 0 Å². The smallest absolute Gasteiger partial charge is 0.382 e. The zero-order chi connectivity index (χ0) is 27.7. The SMILES string of the molecule is CCC(=O)N1CCSC(c2nc(-c3ccc(C(=O)Nc4cc(C(F)(F)F)ccn4)cc3)c3c(N)nccn23)C1. The third-order valence-electron chi connectivity index (χ3n) is 6.37. The van der Waals surface area contributed by atoms with E-state index in [1.54, 1.807) is 48.4 Å². The Kier molecular flexibility index (Phi) is 7.17. The fourth-order valence-electron chi connectivity index (χ4n) is 4.41. The lowest BCUT2D eigenvalue weighted by molar-refractivity contribution is -0.137. The van der Waals surface area contributed by atoms with Gasteiger partial charge in [0.1, 0.15) is 28.7 Å². The van der Waals surface area contributed by atoms with Crippen LogP contribution in [-0.2, 0) is 11.0 Å². The lowest BCUT2D eigenvalue weighted by Gasteiger charge is -2.31. The zero-order valence-corrected chi connectivity index (χ0v) is 21.6. The number of anilines is 2. The van der Waals surface area contributed by atoms with Gasteiger partial charge in [-0.1, -0.05) is 19.1 Å². The van der Waals surface area contributed by atoms with Crippen LogP contribution in [0.15, 0.2) is 55.0 Å². The highest BCUT2D eigenvalue weighted by Crippen LogP contribution is 2.37. The van der Waals surface area contributed by atoms with Gasteiger partial charge in [-0.2, -0.15) is 13.2 Å². The third kappa shape index (κ3) is 5.39. The normalized spacial score (nSPS) is 15.9. The van der Waals surface area contributed by atoms with Gasteiger partial charge in [0.05, 0.1) is 10.8 Å². The highest BCUT2D eigenvalue weighted by Gasteiger charge is 2.31. The lowest BCUT2D eigenvalue weighted by atomic mass is 10.1. The number of carbonyl (C=O) groups excluding carboxylic acids is 2. The number of carbonyl (C=O) groups is 2. The van der Waals surface area contributed by atoms with Crippen molar-refractivity contribution >= 4 is 40.7 Å². The van der Waals surface area contributed by atoms with Crippen LogP contribution in [0.2, 0.25) is 0 Å². The molecule has 3 N–H and O–H groups in total. The van der Waals surface area contributed by atoms with Crippen LogP contribution in [0.5, 0.6) is 0 Å². The zero-order valence-electron chi connectivity index (χ0n) is 20.8. The maximum atomic E-state index is 13.0. The molecule has 1 fully saturated rings. The van der Waals surface area contributed by atoms with Crippen LogP contribution in [0.4, 0.5) is 24.8 Å². The molecule has 5 rings (SSSR count). The molecule has 4 heterocycles. The Morgan fingerprint density at radius 2 is 1.92 bits per heavy atom. The molecule has 9 nitrogen and oxygen atoms in total. The number of pyridine rings is 1. The molecule has 1 aliphatic heterocycles. The van der Waals surface area contributed by atoms with Crippen molar-refractivity contribution in [1.29, 1.82) is 0 Å². The quantitative estimate of drug-likeness (QED) is 0.367. The summed E-state index contributed by atoms with van der Waals surface area (Å²) in [6, 6.07) is 8.08. The van der Waals surface area contributed by atoms with Crippen LogP contribution in [0, 0.1) is 0 Å². The monoisotopic (exact) mass is 555 g/mol. The van der Waals surface area contributed by atoms with E-state index in [1.807, 2.05) is 16.2 Å².